The predicted octanol–water partition coefficient (Wildman–Crippen LogP) is 2.21. The van der Waals surface area contributed by atoms with E-state index >= 15 is 0 Å². The van der Waals surface area contributed by atoms with Crippen LogP contribution in [0.1, 0.15) is 79.4 Å². The summed E-state index contributed by atoms with van der Waals surface area (Å²) in [6.45, 7) is 16.8. The lowest BCUT2D eigenvalue weighted by molar-refractivity contribution is -0.142. The topological polar surface area (TPSA) is 194 Å². The van der Waals surface area contributed by atoms with Crippen LogP contribution in [0.2, 0.25) is 0 Å². The molecule has 2 rings (SSSR count). The number of imide groups is 1. The van der Waals surface area contributed by atoms with E-state index in [1.807, 2.05) is 79.7 Å². The van der Waals surface area contributed by atoms with Crippen LogP contribution in [0.4, 0.5) is 0 Å². The van der Waals surface area contributed by atoms with Crippen molar-refractivity contribution in [3.63, 3.8) is 0 Å². The summed E-state index contributed by atoms with van der Waals surface area (Å²) in [5.41, 5.74) is 0.890. The molecule has 4 atom stereocenters. The number of hydrogen-bond donors (Lipinski definition) is 5. The first-order valence-corrected chi connectivity index (χ1v) is 17.9. The second-order valence-electron chi connectivity index (χ2n) is 15.6. The molecule has 14 nitrogen and oxygen atoms in total. The molecule has 53 heavy (non-hydrogen) atoms. The maximum atomic E-state index is 14.2. The zero-order valence-corrected chi connectivity index (χ0v) is 33.0. The lowest BCUT2D eigenvalue weighted by Crippen LogP contribution is -2.61. The van der Waals surface area contributed by atoms with E-state index in [4.69, 9.17) is 0 Å². The predicted molar refractivity (Wildman–Crippen MR) is 201 cm³/mol. The average molecular weight is 739 g/mol. The van der Waals surface area contributed by atoms with Crippen molar-refractivity contribution < 1.29 is 38.7 Å². The van der Waals surface area contributed by atoms with Crippen LogP contribution in [0, 0.1) is 18.3 Å². The first-order chi connectivity index (χ1) is 24.5. The molecule has 0 radical (unpaired) electrons. The van der Waals surface area contributed by atoms with Gasteiger partial charge in [-0.3, -0.25) is 33.7 Å². The van der Waals surface area contributed by atoms with Crippen molar-refractivity contribution >= 4 is 41.4 Å². The molecule has 1 heterocycles. The van der Waals surface area contributed by atoms with E-state index in [0.29, 0.717) is 0 Å². The summed E-state index contributed by atoms with van der Waals surface area (Å²) >= 11 is 0. The van der Waals surface area contributed by atoms with Gasteiger partial charge in [-0.15, -0.1) is 0 Å². The molecule has 0 spiro atoms. The Bertz CT molecular complexity index is 1590. The summed E-state index contributed by atoms with van der Waals surface area (Å²) in [6.07, 6.45) is 3.42. The summed E-state index contributed by atoms with van der Waals surface area (Å²) in [5.74, 6) is -4.35. The lowest BCUT2D eigenvalue weighted by atomic mass is 9.76. The molecule has 0 fully saturated rings. The Morgan fingerprint density at radius 1 is 0.962 bits per heavy atom. The van der Waals surface area contributed by atoms with Crippen molar-refractivity contribution in [2.75, 3.05) is 27.2 Å². The minimum Gasteiger partial charge on any atom is -0.480 e. The highest BCUT2D eigenvalue weighted by molar-refractivity contribution is 6.12. The lowest BCUT2D eigenvalue weighted by Gasteiger charge is -2.40. The van der Waals surface area contributed by atoms with Crippen LogP contribution in [-0.2, 0) is 39.0 Å². The Hall–Kier alpha value is -4.85. The molecular weight excluding hydrogens is 680 g/mol. The van der Waals surface area contributed by atoms with Gasteiger partial charge >= 0.3 is 5.97 Å². The second-order valence-corrected chi connectivity index (χ2v) is 15.6. The number of likely N-dealkylation sites (N-methyl/N-ethyl adjacent to an activating group) is 2. The van der Waals surface area contributed by atoms with Gasteiger partial charge in [-0.2, -0.15) is 0 Å². The standard InChI is InChI=1S/C39H58N6O8/c1-23(2)28(22-25(4)34(49)42-27(37(52)53)15-16-29(46)41-19-20-45-30(47)17-18-31(45)48)44(11)36(51)33(38(5,6)7)43-35(50)32(40-10)39(8,9)26-14-12-13-24(3)21-26/h12-14,17-18,21-23,27-28,32-33,40H,15-16,19-20H2,1-11H3,(H,41,46)(H,42,49)(H,43,50)(H,52,53)/b25-22+/t27-,28?,32-,33-/m1/s1. The quantitative estimate of drug-likeness (QED) is 0.111. The van der Waals surface area contributed by atoms with E-state index in [0.717, 1.165) is 28.2 Å². The molecule has 0 bridgehead atoms. The number of carbonyl (C=O) groups excluding carboxylic acids is 6. The van der Waals surface area contributed by atoms with Gasteiger partial charge in [0.1, 0.15) is 12.1 Å². The fourth-order valence-corrected chi connectivity index (χ4v) is 6.19. The molecule has 6 amide bonds. The van der Waals surface area contributed by atoms with Gasteiger partial charge in [-0.1, -0.05) is 84.4 Å². The maximum Gasteiger partial charge on any atom is 0.326 e. The number of carboxylic acid groups (broad SMARTS) is 1. The molecule has 1 aliphatic heterocycles. The van der Waals surface area contributed by atoms with Crippen molar-refractivity contribution in [1.82, 2.24) is 31.1 Å². The van der Waals surface area contributed by atoms with Crippen molar-refractivity contribution in [2.24, 2.45) is 11.3 Å². The highest BCUT2D eigenvalue weighted by Crippen LogP contribution is 2.30. The fraction of sp³-hybridized carbons (Fsp3) is 0.564. The number of aliphatic carboxylic acids is 1. The van der Waals surface area contributed by atoms with Crippen LogP contribution in [-0.4, -0.2) is 108 Å². The van der Waals surface area contributed by atoms with Crippen LogP contribution in [0.15, 0.2) is 48.1 Å². The molecule has 5 N–H and O–H groups in total. The van der Waals surface area contributed by atoms with E-state index in [2.05, 4.69) is 21.3 Å². The summed E-state index contributed by atoms with van der Waals surface area (Å²) in [7, 11) is 3.32. The maximum absolute atomic E-state index is 14.2. The van der Waals surface area contributed by atoms with Gasteiger partial charge in [0.2, 0.25) is 23.6 Å². The monoisotopic (exact) mass is 738 g/mol. The zero-order valence-electron chi connectivity index (χ0n) is 33.0. The molecule has 1 unspecified atom stereocenters. The number of benzene rings is 1. The Labute approximate surface area is 313 Å². The number of amides is 6. The Balaban J connectivity index is 2.15. The van der Waals surface area contributed by atoms with Gasteiger partial charge in [-0.25, -0.2) is 4.79 Å². The van der Waals surface area contributed by atoms with Crippen molar-refractivity contribution in [1.29, 1.82) is 0 Å². The Morgan fingerprint density at radius 2 is 1.57 bits per heavy atom. The summed E-state index contributed by atoms with van der Waals surface area (Å²) in [6, 6.07) is 4.37. The van der Waals surface area contributed by atoms with E-state index < -0.39 is 64.6 Å². The SMILES string of the molecule is CN[C@H](C(=O)N[C@H](C(=O)N(C)C(/C=C(\C)C(=O)N[C@H](CCC(=O)NCCN1C(=O)C=CC1=O)C(=O)O)C(C)C)C(C)(C)C)C(C)(C)c1cccc(C)c1. The number of rotatable bonds is 18. The van der Waals surface area contributed by atoms with Gasteiger partial charge in [0.05, 0.1) is 12.1 Å². The molecule has 0 aromatic heterocycles. The molecule has 1 aromatic rings. The molecule has 0 saturated carbocycles. The van der Waals surface area contributed by atoms with Crippen LogP contribution in [0.3, 0.4) is 0 Å². The summed E-state index contributed by atoms with van der Waals surface area (Å²) < 4.78 is 0. The second kappa shape index (κ2) is 18.8. The highest BCUT2D eigenvalue weighted by atomic mass is 16.4. The molecule has 14 heteroatoms. The van der Waals surface area contributed by atoms with Crippen LogP contribution in [0.5, 0.6) is 0 Å². The van der Waals surface area contributed by atoms with Crippen LogP contribution < -0.4 is 21.3 Å². The van der Waals surface area contributed by atoms with E-state index in [1.54, 1.807) is 20.2 Å². The van der Waals surface area contributed by atoms with Crippen LogP contribution >= 0.6 is 0 Å². The first-order valence-electron chi connectivity index (χ1n) is 17.9. The molecular formula is C39H58N6O8. The molecule has 1 aromatic carbocycles. The normalized spacial score (nSPS) is 15.8. The van der Waals surface area contributed by atoms with Gasteiger partial charge in [0.15, 0.2) is 0 Å². The number of nitrogens with one attached hydrogen (secondary N) is 4. The number of aryl methyl sites for hydroxylation is 1. The third-order valence-electron chi connectivity index (χ3n) is 9.51. The number of carboxylic acids is 1. The van der Waals surface area contributed by atoms with Gasteiger partial charge in [0, 0.05) is 49.7 Å². The Morgan fingerprint density at radius 3 is 2.08 bits per heavy atom. The first kappa shape index (κ1) is 44.3. The Kier molecular flexibility index (Phi) is 15.7. The highest BCUT2D eigenvalue weighted by Gasteiger charge is 2.42. The number of hydrogen-bond acceptors (Lipinski definition) is 8. The fourth-order valence-electron chi connectivity index (χ4n) is 6.19. The largest absolute Gasteiger partial charge is 0.480 e. The number of carbonyl (C=O) groups is 7. The van der Waals surface area contributed by atoms with E-state index in [9.17, 15) is 38.7 Å². The van der Waals surface area contributed by atoms with Gasteiger partial charge in [0.25, 0.3) is 11.8 Å². The molecule has 292 valence electrons. The molecule has 1 aliphatic rings. The van der Waals surface area contributed by atoms with Gasteiger partial charge < -0.3 is 31.3 Å². The number of nitrogens with zero attached hydrogens (tertiary/aromatic N) is 2. The minimum absolute atomic E-state index is 0.00597. The molecule has 0 saturated heterocycles. The van der Waals surface area contributed by atoms with Crippen LogP contribution in [0.25, 0.3) is 0 Å². The molecule has 0 aliphatic carbocycles. The van der Waals surface area contributed by atoms with Crippen molar-refractivity contribution in [3.05, 3.63) is 59.2 Å². The van der Waals surface area contributed by atoms with Crippen molar-refractivity contribution in [2.45, 2.75) is 105 Å². The third-order valence-corrected chi connectivity index (χ3v) is 9.51. The summed E-state index contributed by atoms with van der Waals surface area (Å²) in [5, 5.41) is 20.9. The smallest absolute Gasteiger partial charge is 0.326 e. The van der Waals surface area contributed by atoms with E-state index in [1.165, 1.54) is 11.8 Å². The zero-order chi connectivity index (χ0) is 40.4. The van der Waals surface area contributed by atoms with Crippen molar-refractivity contribution in [3.8, 4) is 0 Å². The third kappa shape index (κ3) is 12.1. The average Bonchev–Trinajstić information content (AvgIpc) is 3.38. The van der Waals surface area contributed by atoms with E-state index in [-0.39, 0.29) is 49.2 Å². The summed E-state index contributed by atoms with van der Waals surface area (Å²) in [4.78, 5) is 91.5. The van der Waals surface area contributed by atoms with Gasteiger partial charge in [-0.05, 0) is 44.2 Å². The minimum atomic E-state index is -1.39.